The number of aromatic nitrogens is 3. The Balaban J connectivity index is 1.94. The lowest BCUT2D eigenvalue weighted by atomic mass is 10.2. The van der Waals surface area contributed by atoms with Gasteiger partial charge in [0.15, 0.2) is 0 Å². The second-order valence-corrected chi connectivity index (χ2v) is 6.70. The Bertz CT molecular complexity index is 1270. The number of benzene rings is 2. The maximum absolute atomic E-state index is 12.7. The van der Waals surface area contributed by atoms with Crippen LogP contribution in [0.4, 0.5) is 0 Å². The van der Waals surface area contributed by atoms with Crippen LogP contribution >= 0.6 is 27.5 Å². The molecule has 2 heterocycles. The molecule has 2 aromatic carbocycles. The highest BCUT2D eigenvalue weighted by Gasteiger charge is 2.12. The topological polar surface area (TPSA) is 83.0 Å². The summed E-state index contributed by atoms with van der Waals surface area (Å²) >= 11 is 9.44. The van der Waals surface area contributed by atoms with Crippen molar-refractivity contribution in [2.75, 3.05) is 0 Å². The predicted molar refractivity (Wildman–Crippen MR) is 103 cm³/mol. The molecule has 2 aromatic heterocycles. The normalized spacial score (nSPS) is 11.8. The molecule has 124 valence electrons. The van der Waals surface area contributed by atoms with Crippen LogP contribution in [0.2, 0.25) is 5.02 Å². The number of rotatable bonds is 2. The third-order valence-electron chi connectivity index (χ3n) is 3.81. The van der Waals surface area contributed by atoms with Crippen LogP contribution in [0.25, 0.3) is 21.9 Å². The van der Waals surface area contributed by atoms with Crippen molar-refractivity contribution in [3.8, 4) is 0 Å². The van der Waals surface area contributed by atoms with E-state index in [0.717, 1.165) is 20.1 Å². The number of fused-ring (bicyclic) bond motifs is 3. The number of nitrogens with zero attached hydrogens (tertiary/aromatic N) is 2. The molecule has 0 aliphatic carbocycles. The molecule has 6 nitrogen and oxygen atoms in total. The Morgan fingerprint density at radius 3 is 2.68 bits per heavy atom. The van der Waals surface area contributed by atoms with Crippen LogP contribution in [0, 0.1) is 0 Å². The molecule has 4 rings (SSSR count). The first-order valence-electron chi connectivity index (χ1n) is 7.30. The van der Waals surface area contributed by atoms with Crippen molar-refractivity contribution < 1.29 is 0 Å². The van der Waals surface area contributed by atoms with Crippen molar-refractivity contribution in [1.29, 1.82) is 0 Å². The molecule has 0 unspecified atom stereocenters. The van der Waals surface area contributed by atoms with Gasteiger partial charge in [0, 0.05) is 26.0 Å². The minimum absolute atomic E-state index is 0.281. The number of H-pyrrole nitrogens is 2. The molecule has 0 aliphatic heterocycles. The van der Waals surface area contributed by atoms with E-state index in [1.54, 1.807) is 24.3 Å². The van der Waals surface area contributed by atoms with Gasteiger partial charge >= 0.3 is 11.2 Å². The Hall–Kier alpha value is -2.64. The van der Waals surface area contributed by atoms with E-state index < -0.39 is 11.2 Å². The standard InChI is InChI=1S/C17H10BrClN4O2/c18-10-5-6-13-11(7-10)14-15(21-13)16(24)23(17(25)22-14)20-8-9-3-1-2-4-12(9)19/h1-8,21H,(H,22,25)/b20-8-. The monoisotopic (exact) mass is 416 g/mol. The van der Waals surface area contributed by atoms with E-state index in [2.05, 4.69) is 31.0 Å². The van der Waals surface area contributed by atoms with Gasteiger partial charge in [0.2, 0.25) is 0 Å². The van der Waals surface area contributed by atoms with Gasteiger partial charge in [-0.2, -0.15) is 5.10 Å². The molecule has 2 N–H and O–H groups in total. The molecule has 8 heteroatoms. The summed E-state index contributed by atoms with van der Waals surface area (Å²) in [5.74, 6) is 0. The first-order chi connectivity index (χ1) is 12.0. The summed E-state index contributed by atoms with van der Waals surface area (Å²) in [6.45, 7) is 0. The number of aromatic amines is 2. The molecule has 0 saturated carbocycles. The molecule has 0 fully saturated rings. The van der Waals surface area contributed by atoms with Crippen molar-refractivity contribution in [3.63, 3.8) is 0 Å². The summed E-state index contributed by atoms with van der Waals surface area (Å²) in [7, 11) is 0. The lowest BCUT2D eigenvalue weighted by molar-refractivity contribution is 0.770. The molecule has 4 aromatic rings. The molecule has 0 atom stereocenters. The van der Waals surface area contributed by atoms with Crippen LogP contribution in [0.15, 0.2) is 61.6 Å². The van der Waals surface area contributed by atoms with Crippen molar-refractivity contribution in [3.05, 3.63) is 78.4 Å². The zero-order valence-electron chi connectivity index (χ0n) is 12.6. The smallest absolute Gasteiger partial charge is 0.349 e. The first kappa shape index (κ1) is 15.9. The zero-order chi connectivity index (χ0) is 17.6. The second-order valence-electron chi connectivity index (χ2n) is 5.38. The van der Waals surface area contributed by atoms with Gasteiger partial charge in [-0.15, -0.1) is 4.68 Å². The lowest BCUT2D eigenvalue weighted by Gasteiger charge is -1.99. The van der Waals surface area contributed by atoms with Crippen LogP contribution in [0.3, 0.4) is 0 Å². The SMILES string of the molecule is O=c1[nH]c2c([nH]c3ccc(Br)cc32)c(=O)n1/N=C\c1ccccc1Cl. The summed E-state index contributed by atoms with van der Waals surface area (Å²) < 4.78 is 1.62. The van der Waals surface area contributed by atoms with Gasteiger partial charge in [-0.05, 0) is 24.3 Å². The maximum Gasteiger partial charge on any atom is 0.350 e. The molecule has 25 heavy (non-hydrogen) atoms. The summed E-state index contributed by atoms with van der Waals surface area (Å²) in [5, 5.41) is 5.23. The van der Waals surface area contributed by atoms with Crippen molar-refractivity contribution in [2.24, 2.45) is 5.10 Å². The average molecular weight is 418 g/mol. The molecule has 0 spiro atoms. The summed E-state index contributed by atoms with van der Waals surface area (Å²) in [5.41, 5.74) is 0.936. The van der Waals surface area contributed by atoms with E-state index in [1.807, 2.05) is 18.2 Å². The number of nitrogens with one attached hydrogen (secondary N) is 2. The Labute approximate surface area is 153 Å². The fourth-order valence-electron chi connectivity index (χ4n) is 2.62. The molecular formula is C17H10BrClN4O2. The second kappa shape index (κ2) is 6.02. The minimum Gasteiger partial charge on any atom is -0.349 e. The minimum atomic E-state index is -0.623. The predicted octanol–water partition coefficient (Wildman–Crippen LogP) is 3.47. The highest BCUT2D eigenvalue weighted by Crippen LogP contribution is 2.24. The van der Waals surface area contributed by atoms with Gasteiger partial charge in [-0.3, -0.25) is 4.79 Å². The van der Waals surface area contributed by atoms with Crippen LogP contribution in [0.1, 0.15) is 5.56 Å². The molecule has 0 amide bonds. The molecule has 0 aliphatic rings. The highest BCUT2D eigenvalue weighted by atomic mass is 79.9. The van der Waals surface area contributed by atoms with Gasteiger partial charge in [0.25, 0.3) is 0 Å². The van der Waals surface area contributed by atoms with E-state index in [1.165, 1.54) is 6.21 Å². The summed E-state index contributed by atoms with van der Waals surface area (Å²) in [4.78, 5) is 30.7. The van der Waals surface area contributed by atoms with Crippen LogP contribution < -0.4 is 11.2 Å². The van der Waals surface area contributed by atoms with Crippen molar-refractivity contribution in [1.82, 2.24) is 14.6 Å². The van der Waals surface area contributed by atoms with Crippen molar-refractivity contribution in [2.45, 2.75) is 0 Å². The fraction of sp³-hybridized carbons (Fsp3) is 0. The number of halogens is 2. The van der Waals surface area contributed by atoms with Crippen LogP contribution in [-0.2, 0) is 0 Å². The van der Waals surface area contributed by atoms with Gasteiger partial charge in [-0.25, -0.2) is 4.79 Å². The van der Waals surface area contributed by atoms with Gasteiger partial charge in [-0.1, -0.05) is 45.7 Å². The summed E-state index contributed by atoms with van der Waals surface area (Å²) in [6.07, 6.45) is 1.38. The molecule has 0 radical (unpaired) electrons. The Kier molecular flexibility index (Phi) is 3.82. The fourth-order valence-corrected chi connectivity index (χ4v) is 3.16. The number of hydrogen-bond donors (Lipinski definition) is 2. The van der Waals surface area contributed by atoms with E-state index in [9.17, 15) is 9.59 Å². The quantitative estimate of drug-likeness (QED) is 0.490. The lowest BCUT2D eigenvalue weighted by Crippen LogP contribution is -2.32. The number of hydrogen-bond acceptors (Lipinski definition) is 3. The summed E-state index contributed by atoms with van der Waals surface area (Å²) in [6, 6.07) is 12.5. The third kappa shape index (κ3) is 2.71. The van der Waals surface area contributed by atoms with E-state index in [-0.39, 0.29) is 5.52 Å². The largest absolute Gasteiger partial charge is 0.350 e. The van der Waals surface area contributed by atoms with E-state index >= 15 is 0 Å². The first-order valence-corrected chi connectivity index (χ1v) is 8.47. The van der Waals surface area contributed by atoms with E-state index in [0.29, 0.717) is 16.1 Å². The van der Waals surface area contributed by atoms with Gasteiger partial charge < -0.3 is 9.97 Å². The third-order valence-corrected chi connectivity index (χ3v) is 4.65. The molecule has 0 bridgehead atoms. The average Bonchev–Trinajstić information content (AvgIpc) is 2.94. The van der Waals surface area contributed by atoms with Gasteiger partial charge in [0.1, 0.15) is 5.52 Å². The highest BCUT2D eigenvalue weighted by molar-refractivity contribution is 9.10. The van der Waals surface area contributed by atoms with E-state index in [4.69, 9.17) is 11.6 Å². The van der Waals surface area contributed by atoms with Crippen LogP contribution in [0.5, 0.6) is 0 Å². The van der Waals surface area contributed by atoms with Crippen molar-refractivity contribution >= 4 is 55.7 Å². The zero-order valence-corrected chi connectivity index (χ0v) is 14.9. The maximum atomic E-state index is 12.7. The van der Waals surface area contributed by atoms with Gasteiger partial charge in [0.05, 0.1) is 11.7 Å². The molecular weight excluding hydrogens is 408 g/mol. The Morgan fingerprint density at radius 1 is 1.08 bits per heavy atom. The van der Waals surface area contributed by atoms with Crippen LogP contribution in [-0.4, -0.2) is 20.9 Å². The Morgan fingerprint density at radius 2 is 1.88 bits per heavy atom. The molecule has 0 saturated heterocycles.